The fraction of sp³-hybridized carbons (Fsp3) is 0.632. The van der Waals surface area contributed by atoms with Crippen molar-refractivity contribution >= 4 is 5.91 Å². The molecule has 1 aromatic rings. The van der Waals surface area contributed by atoms with Crippen molar-refractivity contribution in [3.05, 3.63) is 23.3 Å². The molecule has 24 heavy (non-hydrogen) atoms. The molecule has 3 rings (SSSR count). The number of carbonyl (C=O) groups is 1. The molecule has 0 radical (unpaired) electrons. The zero-order valence-corrected chi connectivity index (χ0v) is 14.9. The number of nitrogens with one attached hydrogen (secondary N) is 1. The molecule has 1 saturated heterocycles. The first-order valence-electron chi connectivity index (χ1n) is 8.97. The molecule has 5 heteroatoms. The van der Waals surface area contributed by atoms with Gasteiger partial charge in [0.1, 0.15) is 17.6 Å². The molecule has 1 amide bonds. The minimum atomic E-state index is -0.194. The number of hydrogen-bond acceptors (Lipinski definition) is 4. The molecule has 2 heterocycles. The molecule has 0 saturated carbocycles. The predicted molar refractivity (Wildman–Crippen MR) is 93.5 cm³/mol. The van der Waals surface area contributed by atoms with Crippen molar-refractivity contribution < 1.29 is 14.3 Å². The highest BCUT2D eigenvalue weighted by Gasteiger charge is 2.24. The van der Waals surface area contributed by atoms with Crippen LogP contribution in [0.25, 0.3) is 0 Å². The van der Waals surface area contributed by atoms with Crippen molar-refractivity contribution in [3.8, 4) is 11.5 Å². The Labute approximate surface area is 144 Å². The van der Waals surface area contributed by atoms with E-state index in [1.165, 1.54) is 12.0 Å². The summed E-state index contributed by atoms with van der Waals surface area (Å²) in [5.74, 6) is 1.99. The molecule has 0 bridgehead atoms. The number of carbonyl (C=O) groups excluding carboxylic acids is 1. The Kier molecular flexibility index (Phi) is 5.29. The van der Waals surface area contributed by atoms with Gasteiger partial charge in [-0.1, -0.05) is 0 Å². The lowest BCUT2D eigenvalue weighted by atomic mass is 10.1. The first-order valence-corrected chi connectivity index (χ1v) is 8.97. The van der Waals surface area contributed by atoms with Crippen LogP contribution in [0.1, 0.15) is 44.2 Å². The number of piperidine rings is 1. The van der Waals surface area contributed by atoms with E-state index in [0.717, 1.165) is 49.4 Å². The van der Waals surface area contributed by atoms with Gasteiger partial charge in [-0.25, -0.2) is 0 Å². The second-order valence-electron chi connectivity index (χ2n) is 6.89. The van der Waals surface area contributed by atoms with Crippen LogP contribution in [0, 0.1) is 0 Å². The molecule has 0 aliphatic carbocycles. The third-order valence-electron chi connectivity index (χ3n) is 4.94. The molecule has 0 unspecified atom stereocenters. The second kappa shape index (κ2) is 7.43. The maximum atomic E-state index is 12.5. The molecular weight excluding hydrogens is 304 g/mol. The van der Waals surface area contributed by atoms with Crippen LogP contribution in [-0.2, 0) is 17.8 Å². The Morgan fingerprint density at radius 3 is 2.83 bits per heavy atom. The normalized spacial score (nSPS) is 21.1. The molecule has 5 nitrogen and oxygen atoms in total. The van der Waals surface area contributed by atoms with E-state index in [0.29, 0.717) is 6.54 Å². The fourth-order valence-electron chi connectivity index (χ4n) is 3.55. The summed E-state index contributed by atoms with van der Waals surface area (Å²) in [6.07, 6.45) is 4.60. The lowest BCUT2D eigenvalue weighted by molar-refractivity contribution is -0.133. The summed E-state index contributed by atoms with van der Waals surface area (Å²) in [6, 6.07) is 3.91. The number of methoxy groups -OCH3 is 1. The maximum Gasteiger partial charge on any atom is 0.239 e. The Bertz CT molecular complexity index is 597. The Morgan fingerprint density at radius 2 is 2.12 bits per heavy atom. The van der Waals surface area contributed by atoms with Gasteiger partial charge in [-0.2, -0.15) is 0 Å². The second-order valence-corrected chi connectivity index (χ2v) is 6.89. The van der Waals surface area contributed by atoms with Crippen molar-refractivity contribution in [2.24, 2.45) is 0 Å². The molecular formula is C19H28N2O3. The number of ether oxygens (including phenoxy) is 2. The summed E-state index contributed by atoms with van der Waals surface area (Å²) < 4.78 is 11.4. The van der Waals surface area contributed by atoms with Crippen molar-refractivity contribution in [1.82, 2.24) is 10.2 Å². The summed E-state index contributed by atoms with van der Waals surface area (Å²) in [4.78, 5) is 14.5. The highest BCUT2D eigenvalue weighted by atomic mass is 16.5. The SMILES string of the molecule is COc1cc2c(cc1CN[C@@H](C)C(=O)N1CCCCC1)O[C@@H](C)C2. The van der Waals surface area contributed by atoms with E-state index in [2.05, 4.69) is 18.3 Å². The number of nitrogens with zero attached hydrogens (tertiary/aromatic N) is 1. The van der Waals surface area contributed by atoms with E-state index in [9.17, 15) is 4.79 Å². The van der Waals surface area contributed by atoms with Gasteiger partial charge in [0.25, 0.3) is 0 Å². The van der Waals surface area contributed by atoms with Crippen LogP contribution >= 0.6 is 0 Å². The van der Waals surface area contributed by atoms with Gasteiger partial charge in [0.2, 0.25) is 5.91 Å². The van der Waals surface area contributed by atoms with Gasteiger partial charge in [0, 0.05) is 37.2 Å². The third kappa shape index (κ3) is 3.66. The number of likely N-dealkylation sites (tertiary alicyclic amines) is 1. The van der Waals surface area contributed by atoms with E-state index < -0.39 is 0 Å². The van der Waals surface area contributed by atoms with Gasteiger partial charge in [-0.05, 0) is 45.2 Å². The smallest absolute Gasteiger partial charge is 0.239 e. The number of fused-ring (bicyclic) bond motifs is 1. The van der Waals surface area contributed by atoms with E-state index in [1.807, 2.05) is 17.9 Å². The number of benzene rings is 1. The highest BCUT2D eigenvalue weighted by molar-refractivity contribution is 5.81. The quantitative estimate of drug-likeness (QED) is 0.900. The minimum Gasteiger partial charge on any atom is -0.496 e. The summed E-state index contributed by atoms with van der Waals surface area (Å²) >= 11 is 0. The first-order chi connectivity index (χ1) is 11.6. The van der Waals surface area contributed by atoms with Crippen LogP contribution in [0.5, 0.6) is 11.5 Å². The van der Waals surface area contributed by atoms with Crippen LogP contribution in [-0.4, -0.2) is 43.2 Å². The Hall–Kier alpha value is -1.75. The van der Waals surface area contributed by atoms with Crippen molar-refractivity contribution in [1.29, 1.82) is 0 Å². The lowest BCUT2D eigenvalue weighted by Gasteiger charge is -2.29. The first kappa shape index (κ1) is 17.1. The van der Waals surface area contributed by atoms with Crippen LogP contribution < -0.4 is 14.8 Å². The van der Waals surface area contributed by atoms with Crippen LogP contribution in [0.3, 0.4) is 0 Å². The lowest BCUT2D eigenvalue weighted by Crippen LogP contribution is -2.46. The largest absolute Gasteiger partial charge is 0.496 e. The molecule has 2 aliphatic rings. The van der Waals surface area contributed by atoms with E-state index in [4.69, 9.17) is 9.47 Å². The third-order valence-corrected chi connectivity index (χ3v) is 4.94. The predicted octanol–water partition coefficient (Wildman–Crippen LogP) is 2.51. The van der Waals surface area contributed by atoms with Gasteiger partial charge >= 0.3 is 0 Å². The average molecular weight is 332 g/mol. The van der Waals surface area contributed by atoms with Gasteiger partial charge < -0.3 is 19.7 Å². The highest BCUT2D eigenvalue weighted by Crippen LogP contribution is 2.34. The van der Waals surface area contributed by atoms with Gasteiger partial charge in [-0.15, -0.1) is 0 Å². The minimum absolute atomic E-state index is 0.194. The van der Waals surface area contributed by atoms with Crippen LogP contribution in [0.15, 0.2) is 12.1 Å². The summed E-state index contributed by atoms with van der Waals surface area (Å²) in [7, 11) is 1.69. The van der Waals surface area contributed by atoms with Crippen molar-refractivity contribution in [3.63, 3.8) is 0 Å². The molecule has 2 aliphatic heterocycles. The number of rotatable bonds is 5. The van der Waals surface area contributed by atoms with Gasteiger partial charge in [-0.3, -0.25) is 4.79 Å². The summed E-state index contributed by atoms with van der Waals surface area (Å²) in [5, 5.41) is 3.35. The standard InChI is InChI=1S/C19H28N2O3/c1-13-9-15-10-17(23-3)16(11-18(15)24-13)12-20-14(2)19(22)21-7-5-4-6-8-21/h10-11,13-14,20H,4-9,12H2,1-3H3/t13-,14-/m0/s1. The van der Waals surface area contributed by atoms with Crippen molar-refractivity contribution in [2.75, 3.05) is 20.2 Å². The zero-order chi connectivity index (χ0) is 17.1. The van der Waals surface area contributed by atoms with Gasteiger partial charge in [0.15, 0.2) is 0 Å². The number of amides is 1. The molecule has 0 spiro atoms. The van der Waals surface area contributed by atoms with Crippen molar-refractivity contribution in [2.45, 2.75) is 58.2 Å². The molecule has 2 atom stereocenters. The Morgan fingerprint density at radius 1 is 1.38 bits per heavy atom. The molecule has 1 aromatic carbocycles. The molecule has 132 valence electrons. The average Bonchev–Trinajstić information content (AvgIpc) is 2.97. The topological polar surface area (TPSA) is 50.8 Å². The molecule has 1 N–H and O–H groups in total. The summed E-state index contributed by atoms with van der Waals surface area (Å²) in [6.45, 7) is 6.38. The molecule has 1 fully saturated rings. The molecule has 0 aromatic heterocycles. The Balaban J connectivity index is 1.63. The number of hydrogen-bond donors (Lipinski definition) is 1. The van der Waals surface area contributed by atoms with Crippen LogP contribution in [0.2, 0.25) is 0 Å². The van der Waals surface area contributed by atoms with E-state index in [-0.39, 0.29) is 18.1 Å². The summed E-state index contributed by atoms with van der Waals surface area (Å²) in [5.41, 5.74) is 2.23. The zero-order valence-electron chi connectivity index (χ0n) is 14.9. The van der Waals surface area contributed by atoms with E-state index in [1.54, 1.807) is 7.11 Å². The van der Waals surface area contributed by atoms with Crippen LogP contribution in [0.4, 0.5) is 0 Å². The van der Waals surface area contributed by atoms with E-state index >= 15 is 0 Å². The maximum absolute atomic E-state index is 12.5. The monoisotopic (exact) mass is 332 g/mol. The fourth-order valence-corrected chi connectivity index (χ4v) is 3.55. The van der Waals surface area contributed by atoms with Gasteiger partial charge in [0.05, 0.1) is 13.2 Å².